The fourth-order valence-electron chi connectivity index (χ4n) is 2.45. The Morgan fingerprint density at radius 1 is 1.56 bits per heavy atom. The summed E-state index contributed by atoms with van der Waals surface area (Å²) in [4.78, 5) is 6.63. The fraction of sp³-hybridized carbons (Fsp3) is 0.538. The summed E-state index contributed by atoms with van der Waals surface area (Å²) in [6.45, 7) is 2.94. The number of amidine groups is 1. The molecule has 5 heteroatoms. The molecule has 0 amide bonds. The average Bonchev–Trinajstić information content (AvgIpc) is 2.38. The van der Waals surface area contributed by atoms with Crippen molar-refractivity contribution in [1.82, 2.24) is 4.98 Å². The molecule has 5 nitrogen and oxygen atoms in total. The molecule has 1 unspecified atom stereocenters. The van der Waals surface area contributed by atoms with Gasteiger partial charge in [0.05, 0.1) is 12.6 Å². The molecule has 0 radical (unpaired) electrons. The number of nitrogen functional groups attached to an aromatic ring is 1. The molecule has 18 heavy (non-hydrogen) atoms. The molecule has 98 valence electrons. The highest BCUT2D eigenvalue weighted by Gasteiger charge is 2.23. The summed E-state index contributed by atoms with van der Waals surface area (Å²) in [7, 11) is 0. The number of rotatable bonds is 3. The van der Waals surface area contributed by atoms with E-state index in [9.17, 15) is 5.11 Å². The van der Waals surface area contributed by atoms with Crippen molar-refractivity contribution in [3.8, 4) is 0 Å². The number of hydrogen-bond acceptors (Lipinski definition) is 4. The van der Waals surface area contributed by atoms with E-state index in [4.69, 9.17) is 11.1 Å². The van der Waals surface area contributed by atoms with Crippen molar-refractivity contribution in [3.05, 3.63) is 23.4 Å². The van der Waals surface area contributed by atoms with Crippen molar-refractivity contribution in [3.63, 3.8) is 0 Å². The van der Waals surface area contributed by atoms with E-state index in [2.05, 4.69) is 9.88 Å². The third-order valence-corrected chi connectivity index (χ3v) is 3.38. The standard InChI is InChI=1S/C13H20N4O/c1-9-6-10(13(14)15)7-12(16-9)17-5-3-2-4-11(17)8-18/h6-7,11,18H,2-5,8H2,1H3,(H3,14,15). The predicted octanol–water partition coefficient (Wildman–Crippen LogP) is 1.03. The SMILES string of the molecule is Cc1cc(C(=N)N)cc(N2CCCCC2CO)n1. The molecule has 1 atom stereocenters. The minimum Gasteiger partial charge on any atom is -0.394 e. The summed E-state index contributed by atoms with van der Waals surface area (Å²) < 4.78 is 0. The van der Waals surface area contributed by atoms with Gasteiger partial charge in [0, 0.05) is 17.8 Å². The zero-order chi connectivity index (χ0) is 13.1. The summed E-state index contributed by atoms with van der Waals surface area (Å²) in [5, 5.41) is 17.0. The van der Waals surface area contributed by atoms with Crippen LogP contribution in [0.2, 0.25) is 0 Å². The van der Waals surface area contributed by atoms with Crippen LogP contribution in [0.1, 0.15) is 30.5 Å². The van der Waals surface area contributed by atoms with Gasteiger partial charge in [0.2, 0.25) is 0 Å². The molecule has 0 saturated carbocycles. The Bertz CT molecular complexity index is 447. The lowest BCUT2D eigenvalue weighted by atomic mass is 10.0. The third-order valence-electron chi connectivity index (χ3n) is 3.38. The van der Waals surface area contributed by atoms with E-state index in [1.807, 2.05) is 19.1 Å². The number of pyridine rings is 1. The van der Waals surface area contributed by atoms with Gasteiger partial charge in [0.25, 0.3) is 0 Å². The number of nitrogens with two attached hydrogens (primary N) is 1. The van der Waals surface area contributed by atoms with Crippen molar-refractivity contribution in [2.75, 3.05) is 18.1 Å². The fourth-order valence-corrected chi connectivity index (χ4v) is 2.45. The van der Waals surface area contributed by atoms with E-state index < -0.39 is 0 Å². The van der Waals surface area contributed by atoms with E-state index in [-0.39, 0.29) is 18.5 Å². The minimum atomic E-state index is 0.0549. The summed E-state index contributed by atoms with van der Waals surface area (Å²) in [6, 6.07) is 3.78. The molecule has 1 saturated heterocycles. The van der Waals surface area contributed by atoms with E-state index >= 15 is 0 Å². The van der Waals surface area contributed by atoms with Gasteiger partial charge in [-0.15, -0.1) is 0 Å². The maximum Gasteiger partial charge on any atom is 0.129 e. The Balaban J connectivity index is 2.33. The number of aliphatic hydroxyl groups is 1. The van der Waals surface area contributed by atoms with Gasteiger partial charge in [-0.25, -0.2) is 4.98 Å². The quantitative estimate of drug-likeness (QED) is 0.550. The molecule has 1 aromatic rings. The summed E-state index contributed by atoms with van der Waals surface area (Å²) >= 11 is 0. The first-order chi connectivity index (χ1) is 8.61. The molecule has 0 bridgehead atoms. The Morgan fingerprint density at radius 3 is 3.00 bits per heavy atom. The molecule has 2 rings (SSSR count). The number of anilines is 1. The van der Waals surface area contributed by atoms with Crippen LogP contribution in [-0.2, 0) is 0 Å². The number of aryl methyl sites for hydroxylation is 1. The van der Waals surface area contributed by atoms with Gasteiger partial charge in [-0.1, -0.05) is 0 Å². The van der Waals surface area contributed by atoms with Crippen LogP contribution >= 0.6 is 0 Å². The highest BCUT2D eigenvalue weighted by molar-refractivity contribution is 5.95. The zero-order valence-electron chi connectivity index (χ0n) is 10.7. The van der Waals surface area contributed by atoms with Crippen LogP contribution in [0.3, 0.4) is 0 Å². The largest absolute Gasteiger partial charge is 0.394 e. The first-order valence-electron chi connectivity index (χ1n) is 6.32. The second-order valence-corrected chi connectivity index (χ2v) is 4.79. The minimum absolute atomic E-state index is 0.0549. The molecule has 2 heterocycles. The number of hydrogen-bond donors (Lipinski definition) is 3. The van der Waals surface area contributed by atoms with Crippen molar-refractivity contribution in [2.24, 2.45) is 5.73 Å². The molecule has 0 spiro atoms. The number of aromatic nitrogens is 1. The lowest BCUT2D eigenvalue weighted by molar-refractivity contribution is 0.239. The van der Waals surface area contributed by atoms with Crippen LogP contribution in [-0.4, -0.2) is 35.1 Å². The van der Waals surface area contributed by atoms with Crippen LogP contribution in [0.25, 0.3) is 0 Å². The van der Waals surface area contributed by atoms with Gasteiger partial charge in [0.15, 0.2) is 0 Å². The zero-order valence-corrected chi connectivity index (χ0v) is 10.7. The van der Waals surface area contributed by atoms with E-state index in [0.717, 1.165) is 37.3 Å². The second-order valence-electron chi connectivity index (χ2n) is 4.79. The Kier molecular flexibility index (Phi) is 3.81. The van der Waals surface area contributed by atoms with E-state index in [1.165, 1.54) is 0 Å². The number of nitrogens with one attached hydrogen (secondary N) is 1. The highest BCUT2D eigenvalue weighted by Crippen LogP contribution is 2.24. The summed E-state index contributed by atoms with van der Waals surface area (Å²) in [5.74, 6) is 0.873. The van der Waals surface area contributed by atoms with Gasteiger partial charge >= 0.3 is 0 Å². The average molecular weight is 248 g/mol. The third kappa shape index (κ3) is 2.61. The molecular weight excluding hydrogens is 228 g/mol. The normalized spacial score (nSPS) is 19.9. The Morgan fingerprint density at radius 2 is 2.33 bits per heavy atom. The van der Waals surface area contributed by atoms with Crippen LogP contribution in [0.5, 0.6) is 0 Å². The lowest BCUT2D eigenvalue weighted by Gasteiger charge is -2.35. The van der Waals surface area contributed by atoms with E-state index in [0.29, 0.717) is 5.56 Å². The molecule has 1 fully saturated rings. The monoisotopic (exact) mass is 248 g/mol. The molecule has 1 aliphatic heterocycles. The van der Waals surface area contributed by atoms with Gasteiger partial charge in [-0.3, -0.25) is 5.41 Å². The van der Waals surface area contributed by atoms with E-state index in [1.54, 1.807) is 0 Å². The number of aliphatic hydroxyl groups excluding tert-OH is 1. The Labute approximate surface area is 107 Å². The van der Waals surface area contributed by atoms with Gasteiger partial charge in [-0.2, -0.15) is 0 Å². The van der Waals surface area contributed by atoms with Crippen molar-refractivity contribution < 1.29 is 5.11 Å². The first kappa shape index (κ1) is 12.8. The maximum absolute atomic E-state index is 9.43. The predicted molar refractivity (Wildman–Crippen MR) is 72.1 cm³/mol. The summed E-state index contributed by atoms with van der Waals surface area (Å²) in [6.07, 6.45) is 3.25. The molecule has 4 N–H and O–H groups in total. The molecule has 1 aliphatic rings. The maximum atomic E-state index is 9.43. The smallest absolute Gasteiger partial charge is 0.129 e. The summed E-state index contributed by atoms with van der Waals surface area (Å²) in [5.41, 5.74) is 7.08. The van der Waals surface area contributed by atoms with Crippen molar-refractivity contribution >= 4 is 11.7 Å². The molecule has 0 aliphatic carbocycles. The van der Waals surface area contributed by atoms with Gasteiger partial charge < -0.3 is 15.7 Å². The molecule has 0 aromatic carbocycles. The molecular formula is C13H20N4O. The van der Waals surface area contributed by atoms with Crippen LogP contribution < -0.4 is 10.6 Å². The lowest BCUT2D eigenvalue weighted by Crippen LogP contribution is -2.42. The van der Waals surface area contributed by atoms with Gasteiger partial charge in [0.1, 0.15) is 11.7 Å². The Hall–Kier alpha value is -1.62. The van der Waals surface area contributed by atoms with Crippen LogP contribution in [0, 0.1) is 12.3 Å². The number of piperidine rings is 1. The van der Waals surface area contributed by atoms with Gasteiger partial charge in [-0.05, 0) is 38.3 Å². The van der Waals surface area contributed by atoms with Crippen LogP contribution in [0.4, 0.5) is 5.82 Å². The van der Waals surface area contributed by atoms with Crippen LogP contribution in [0.15, 0.2) is 12.1 Å². The van der Waals surface area contributed by atoms with Crippen molar-refractivity contribution in [1.29, 1.82) is 5.41 Å². The first-order valence-corrected chi connectivity index (χ1v) is 6.32. The molecule has 1 aromatic heterocycles. The highest BCUT2D eigenvalue weighted by atomic mass is 16.3. The number of nitrogens with zero attached hydrogens (tertiary/aromatic N) is 2. The topological polar surface area (TPSA) is 86.2 Å². The van der Waals surface area contributed by atoms with Crippen molar-refractivity contribution in [2.45, 2.75) is 32.2 Å². The second kappa shape index (κ2) is 5.35.